The van der Waals surface area contributed by atoms with Gasteiger partial charge in [-0.15, -0.1) is 0 Å². The van der Waals surface area contributed by atoms with Gasteiger partial charge < -0.3 is 33.2 Å². The van der Waals surface area contributed by atoms with E-state index in [1.165, 1.54) is 64.2 Å². The third-order valence-electron chi connectivity index (χ3n) is 5.70. The maximum atomic E-state index is 11.2. The van der Waals surface area contributed by atoms with Gasteiger partial charge in [0.1, 0.15) is 6.61 Å². The minimum atomic E-state index is -0.175. The van der Waals surface area contributed by atoms with Crippen molar-refractivity contribution in [2.75, 3.05) is 85.9 Å². The van der Waals surface area contributed by atoms with E-state index in [2.05, 4.69) is 6.92 Å². The summed E-state index contributed by atoms with van der Waals surface area (Å²) in [6, 6.07) is 0. The average molecular weight is 535 g/mol. The zero-order valence-electron chi connectivity index (χ0n) is 24.2. The highest BCUT2D eigenvalue weighted by molar-refractivity contribution is 5.69. The molecule has 0 aromatic rings. The van der Waals surface area contributed by atoms with E-state index in [4.69, 9.17) is 33.2 Å². The highest BCUT2D eigenvalue weighted by atomic mass is 16.6. The molecule has 0 bridgehead atoms. The van der Waals surface area contributed by atoms with Gasteiger partial charge >= 0.3 is 5.97 Å². The minimum absolute atomic E-state index is 0.175. The first-order chi connectivity index (χ1) is 18.3. The third-order valence-corrected chi connectivity index (χ3v) is 5.70. The molecule has 0 saturated heterocycles. The summed E-state index contributed by atoms with van der Waals surface area (Å²) < 4.78 is 37.8. The van der Waals surface area contributed by atoms with Crippen LogP contribution in [0.25, 0.3) is 0 Å². The van der Waals surface area contributed by atoms with E-state index < -0.39 is 0 Å². The van der Waals surface area contributed by atoms with Gasteiger partial charge in [-0.1, -0.05) is 78.1 Å². The van der Waals surface area contributed by atoms with E-state index in [1.807, 2.05) is 6.92 Å². The fourth-order valence-electron chi connectivity index (χ4n) is 3.56. The molecule has 8 heteroatoms. The van der Waals surface area contributed by atoms with Crippen molar-refractivity contribution in [2.45, 2.75) is 97.3 Å². The molecule has 37 heavy (non-hydrogen) atoms. The maximum absolute atomic E-state index is 11.2. The predicted octanol–water partition coefficient (Wildman–Crippen LogP) is 5.74. The van der Waals surface area contributed by atoms with Gasteiger partial charge in [0.15, 0.2) is 0 Å². The molecule has 0 aromatic carbocycles. The van der Waals surface area contributed by atoms with E-state index in [1.54, 1.807) is 0 Å². The van der Waals surface area contributed by atoms with E-state index in [0.29, 0.717) is 85.7 Å². The van der Waals surface area contributed by atoms with Gasteiger partial charge in [-0.25, -0.2) is 0 Å². The number of hydrogen-bond donors (Lipinski definition) is 0. The lowest BCUT2D eigenvalue weighted by Crippen LogP contribution is -2.15. The monoisotopic (exact) mass is 534 g/mol. The molecule has 0 radical (unpaired) electrons. The van der Waals surface area contributed by atoms with E-state index in [-0.39, 0.29) is 5.97 Å². The molecule has 0 aliphatic carbocycles. The summed E-state index contributed by atoms with van der Waals surface area (Å²) in [6.45, 7) is 11.2. The number of esters is 1. The van der Waals surface area contributed by atoms with Crippen molar-refractivity contribution in [1.29, 1.82) is 0 Å². The van der Waals surface area contributed by atoms with Crippen LogP contribution in [-0.4, -0.2) is 91.9 Å². The molecule has 0 heterocycles. The summed E-state index contributed by atoms with van der Waals surface area (Å²) in [5.74, 6) is -0.175. The highest BCUT2D eigenvalue weighted by Crippen LogP contribution is 2.11. The van der Waals surface area contributed by atoms with E-state index in [9.17, 15) is 4.79 Å². The van der Waals surface area contributed by atoms with Gasteiger partial charge in [-0.2, -0.15) is 0 Å². The van der Waals surface area contributed by atoms with Crippen molar-refractivity contribution in [2.24, 2.45) is 0 Å². The quantitative estimate of drug-likeness (QED) is 0.0798. The summed E-state index contributed by atoms with van der Waals surface area (Å²) in [5, 5.41) is 0. The van der Waals surface area contributed by atoms with Crippen LogP contribution < -0.4 is 0 Å². The second-order valence-electron chi connectivity index (χ2n) is 9.18. The lowest BCUT2D eigenvalue weighted by atomic mass is 10.1. The Kier molecular flexibility index (Phi) is 32.6. The lowest BCUT2D eigenvalue weighted by Gasteiger charge is -2.08. The number of ether oxygens (including phenoxy) is 7. The molecule has 0 saturated carbocycles. The first kappa shape index (κ1) is 36.2. The molecule has 222 valence electrons. The van der Waals surface area contributed by atoms with Crippen molar-refractivity contribution in [3.63, 3.8) is 0 Å². The normalized spacial score (nSPS) is 11.3. The Balaban J connectivity index is 3.04. The summed E-state index contributed by atoms with van der Waals surface area (Å²) in [4.78, 5) is 11.2. The zero-order chi connectivity index (χ0) is 26.9. The van der Waals surface area contributed by atoms with Crippen LogP contribution in [0, 0.1) is 0 Å². The number of unbranched alkanes of at least 4 members (excludes halogenated alkanes) is 10. The number of hydrogen-bond acceptors (Lipinski definition) is 8. The number of carbonyl (C=O) groups is 1. The van der Waals surface area contributed by atoms with Crippen molar-refractivity contribution < 1.29 is 38.0 Å². The molecule has 0 N–H and O–H groups in total. The summed E-state index contributed by atoms with van der Waals surface area (Å²) in [6.07, 6.45) is 16.1. The Morgan fingerprint density at radius 1 is 0.378 bits per heavy atom. The van der Waals surface area contributed by atoms with Crippen molar-refractivity contribution in [3.8, 4) is 0 Å². The van der Waals surface area contributed by atoms with Crippen molar-refractivity contribution in [1.82, 2.24) is 0 Å². The standard InChI is InChI=1S/C29H58O8/c1-3-5-6-7-8-9-10-11-12-13-14-16-31-17-18-32-19-20-33-21-22-34-23-24-35-25-26-36-27-28-37-29(30)15-4-2/h3-28H2,1-2H3. The molecule has 0 aliphatic heterocycles. The van der Waals surface area contributed by atoms with Crippen LogP contribution in [-0.2, 0) is 38.0 Å². The zero-order valence-corrected chi connectivity index (χ0v) is 24.2. The van der Waals surface area contributed by atoms with E-state index >= 15 is 0 Å². The van der Waals surface area contributed by atoms with E-state index in [0.717, 1.165) is 19.4 Å². The first-order valence-corrected chi connectivity index (χ1v) is 14.9. The smallest absolute Gasteiger partial charge is 0.305 e. The maximum Gasteiger partial charge on any atom is 0.305 e. The molecule has 8 nitrogen and oxygen atoms in total. The number of carbonyl (C=O) groups excluding carboxylic acids is 1. The third kappa shape index (κ3) is 33.2. The van der Waals surface area contributed by atoms with Crippen molar-refractivity contribution >= 4 is 5.97 Å². The Morgan fingerprint density at radius 3 is 1.08 bits per heavy atom. The van der Waals surface area contributed by atoms with Gasteiger partial charge in [0, 0.05) is 13.0 Å². The Labute approximate surface area is 227 Å². The van der Waals surface area contributed by atoms with Gasteiger partial charge in [-0.3, -0.25) is 4.79 Å². The first-order valence-electron chi connectivity index (χ1n) is 14.9. The largest absolute Gasteiger partial charge is 0.463 e. The van der Waals surface area contributed by atoms with Crippen LogP contribution in [0.4, 0.5) is 0 Å². The average Bonchev–Trinajstić information content (AvgIpc) is 2.90. The molecule has 0 amide bonds. The molecule has 0 fully saturated rings. The van der Waals surface area contributed by atoms with Crippen LogP contribution in [0.2, 0.25) is 0 Å². The molecular weight excluding hydrogens is 476 g/mol. The van der Waals surface area contributed by atoms with Crippen molar-refractivity contribution in [3.05, 3.63) is 0 Å². The van der Waals surface area contributed by atoms with Gasteiger partial charge in [0.05, 0.1) is 72.7 Å². The number of rotatable bonds is 32. The van der Waals surface area contributed by atoms with Gasteiger partial charge in [-0.05, 0) is 12.8 Å². The fourth-order valence-corrected chi connectivity index (χ4v) is 3.56. The predicted molar refractivity (Wildman–Crippen MR) is 147 cm³/mol. The Morgan fingerprint density at radius 2 is 0.703 bits per heavy atom. The molecule has 0 rings (SSSR count). The molecule has 0 spiro atoms. The SMILES string of the molecule is CCCCCCCCCCCCCOCCOCCOCCOCCOCCOCCOC(=O)CCC. The summed E-state index contributed by atoms with van der Waals surface area (Å²) >= 11 is 0. The molecule has 0 unspecified atom stereocenters. The lowest BCUT2D eigenvalue weighted by molar-refractivity contribution is -0.145. The second-order valence-corrected chi connectivity index (χ2v) is 9.18. The minimum Gasteiger partial charge on any atom is -0.463 e. The van der Waals surface area contributed by atoms with Gasteiger partial charge in [0.2, 0.25) is 0 Å². The molecule has 0 atom stereocenters. The van der Waals surface area contributed by atoms with Crippen LogP contribution in [0.5, 0.6) is 0 Å². The van der Waals surface area contributed by atoms with Crippen LogP contribution >= 0.6 is 0 Å². The fraction of sp³-hybridized carbons (Fsp3) is 0.966. The van der Waals surface area contributed by atoms with Gasteiger partial charge in [0.25, 0.3) is 0 Å². The van der Waals surface area contributed by atoms with Crippen LogP contribution in [0.15, 0.2) is 0 Å². The molecular formula is C29H58O8. The summed E-state index contributed by atoms with van der Waals surface area (Å²) in [5.41, 5.74) is 0. The molecule has 0 aliphatic rings. The Hall–Kier alpha value is -0.770. The second kappa shape index (κ2) is 33.3. The summed E-state index contributed by atoms with van der Waals surface area (Å²) in [7, 11) is 0. The molecule has 0 aromatic heterocycles. The highest BCUT2D eigenvalue weighted by Gasteiger charge is 2.00. The van der Waals surface area contributed by atoms with Crippen LogP contribution in [0.1, 0.15) is 97.3 Å². The topological polar surface area (TPSA) is 81.7 Å². The Bertz CT molecular complexity index is 436. The van der Waals surface area contributed by atoms with Crippen LogP contribution in [0.3, 0.4) is 0 Å².